The lowest BCUT2D eigenvalue weighted by Gasteiger charge is -2.07. The number of aromatic nitrogens is 1. The molecule has 0 amide bonds. The maximum absolute atomic E-state index is 11.1. The van der Waals surface area contributed by atoms with Gasteiger partial charge in [0.2, 0.25) is 0 Å². The van der Waals surface area contributed by atoms with Crippen molar-refractivity contribution in [3.8, 4) is 0 Å². The second-order valence-electron chi connectivity index (χ2n) is 4.46. The Hall–Kier alpha value is -1.77. The van der Waals surface area contributed by atoms with Crippen LogP contribution in [-0.2, 0) is 11.2 Å². The Morgan fingerprint density at radius 1 is 1.47 bits per heavy atom. The van der Waals surface area contributed by atoms with Crippen LogP contribution in [0.1, 0.15) is 36.6 Å². The number of aliphatic carboxylic acids is 1. The predicted molar refractivity (Wildman–Crippen MR) is 68.5 cm³/mol. The molecule has 0 saturated carbocycles. The van der Waals surface area contributed by atoms with Gasteiger partial charge in [-0.2, -0.15) is 0 Å². The first-order valence-corrected chi connectivity index (χ1v) is 5.88. The van der Waals surface area contributed by atoms with Crippen LogP contribution in [0.15, 0.2) is 18.2 Å². The Labute approximate surface area is 100 Å². The number of rotatable bonds is 3. The molecule has 0 saturated heterocycles. The third-order valence-corrected chi connectivity index (χ3v) is 3.31. The SMILES string of the molecule is CCc1ccc2[nH]c(C)c(C(C)C(=O)O)c2c1. The van der Waals surface area contributed by atoms with E-state index >= 15 is 0 Å². The van der Waals surface area contributed by atoms with Crippen molar-refractivity contribution in [2.75, 3.05) is 0 Å². The highest BCUT2D eigenvalue weighted by atomic mass is 16.4. The van der Waals surface area contributed by atoms with Gasteiger partial charge in [0.15, 0.2) is 0 Å². The van der Waals surface area contributed by atoms with Crippen molar-refractivity contribution in [2.24, 2.45) is 0 Å². The maximum atomic E-state index is 11.1. The smallest absolute Gasteiger partial charge is 0.310 e. The number of aromatic amines is 1. The summed E-state index contributed by atoms with van der Waals surface area (Å²) in [5, 5.41) is 10.2. The predicted octanol–water partition coefficient (Wildman–Crippen LogP) is 3.23. The number of carbonyl (C=O) groups is 1. The summed E-state index contributed by atoms with van der Waals surface area (Å²) < 4.78 is 0. The molecule has 2 aromatic rings. The van der Waals surface area contributed by atoms with E-state index in [0.717, 1.165) is 28.6 Å². The monoisotopic (exact) mass is 231 g/mol. The minimum Gasteiger partial charge on any atom is -0.481 e. The fourth-order valence-corrected chi connectivity index (χ4v) is 2.30. The lowest BCUT2D eigenvalue weighted by Crippen LogP contribution is -2.08. The van der Waals surface area contributed by atoms with Crippen LogP contribution in [0.4, 0.5) is 0 Å². The summed E-state index contributed by atoms with van der Waals surface area (Å²) in [4.78, 5) is 14.4. The highest BCUT2D eigenvalue weighted by Gasteiger charge is 2.20. The van der Waals surface area contributed by atoms with Gasteiger partial charge in [0.25, 0.3) is 0 Å². The Kier molecular flexibility index (Phi) is 2.92. The van der Waals surface area contributed by atoms with Gasteiger partial charge in [-0.25, -0.2) is 0 Å². The molecule has 17 heavy (non-hydrogen) atoms. The quantitative estimate of drug-likeness (QED) is 0.852. The zero-order valence-electron chi connectivity index (χ0n) is 10.4. The lowest BCUT2D eigenvalue weighted by molar-refractivity contribution is -0.138. The molecule has 1 unspecified atom stereocenters. The number of carboxylic acid groups (broad SMARTS) is 1. The fraction of sp³-hybridized carbons (Fsp3) is 0.357. The second-order valence-corrected chi connectivity index (χ2v) is 4.46. The molecule has 0 spiro atoms. The molecular weight excluding hydrogens is 214 g/mol. The van der Waals surface area contributed by atoms with E-state index in [4.69, 9.17) is 5.11 Å². The molecule has 2 rings (SSSR count). The van der Waals surface area contributed by atoms with Gasteiger partial charge in [0.05, 0.1) is 5.92 Å². The van der Waals surface area contributed by atoms with Crippen molar-refractivity contribution in [2.45, 2.75) is 33.1 Å². The summed E-state index contributed by atoms with van der Waals surface area (Å²) in [5.74, 6) is -1.26. The van der Waals surface area contributed by atoms with Crippen molar-refractivity contribution < 1.29 is 9.90 Å². The van der Waals surface area contributed by atoms with Gasteiger partial charge >= 0.3 is 5.97 Å². The Bertz CT molecular complexity index is 569. The van der Waals surface area contributed by atoms with Gasteiger partial charge in [-0.15, -0.1) is 0 Å². The molecule has 0 aliphatic carbocycles. The molecule has 3 heteroatoms. The van der Waals surface area contributed by atoms with Crippen molar-refractivity contribution in [1.29, 1.82) is 0 Å². The van der Waals surface area contributed by atoms with Gasteiger partial charge in [0.1, 0.15) is 0 Å². The van der Waals surface area contributed by atoms with E-state index in [2.05, 4.69) is 24.0 Å². The topological polar surface area (TPSA) is 53.1 Å². The molecule has 0 radical (unpaired) electrons. The van der Waals surface area contributed by atoms with Crippen LogP contribution in [0.3, 0.4) is 0 Å². The minimum atomic E-state index is -0.782. The summed E-state index contributed by atoms with van der Waals surface area (Å²) in [5.41, 5.74) is 4.10. The second kappa shape index (κ2) is 4.24. The van der Waals surface area contributed by atoms with Crippen molar-refractivity contribution in [1.82, 2.24) is 4.98 Å². The van der Waals surface area contributed by atoms with Crippen LogP contribution >= 0.6 is 0 Å². The molecule has 90 valence electrons. The summed E-state index contributed by atoms with van der Waals surface area (Å²) in [6, 6.07) is 6.19. The minimum absolute atomic E-state index is 0.476. The molecule has 2 N–H and O–H groups in total. The van der Waals surface area contributed by atoms with E-state index in [1.165, 1.54) is 5.56 Å². The Morgan fingerprint density at radius 3 is 2.76 bits per heavy atom. The van der Waals surface area contributed by atoms with Gasteiger partial charge in [-0.05, 0) is 43.5 Å². The molecule has 1 atom stereocenters. The standard InChI is InChI=1S/C14H17NO2/c1-4-10-5-6-12-11(7-10)13(9(3)15-12)8(2)14(16)17/h5-8,15H,4H2,1-3H3,(H,16,17). The largest absolute Gasteiger partial charge is 0.481 e. The molecule has 1 heterocycles. The molecular formula is C14H17NO2. The molecule has 0 aliphatic rings. The third-order valence-electron chi connectivity index (χ3n) is 3.31. The van der Waals surface area contributed by atoms with Crippen LogP contribution in [0.2, 0.25) is 0 Å². The number of hydrogen-bond acceptors (Lipinski definition) is 1. The van der Waals surface area contributed by atoms with Crippen LogP contribution in [0, 0.1) is 6.92 Å². The number of benzene rings is 1. The van der Waals surface area contributed by atoms with Crippen LogP contribution in [0.5, 0.6) is 0 Å². The molecule has 0 fully saturated rings. The van der Waals surface area contributed by atoms with Gasteiger partial charge < -0.3 is 10.1 Å². The molecule has 3 nitrogen and oxygen atoms in total. The molecule has 0 aliphatic heterocycles. The zero-order valence-corrected chi connectivity index (χ0v) is 10.4. The Morgan fingerprint density at radius 2 is 2.18 bits per heavy atom. The van der Waals surface area contributed by atoms with E-state index in [1.807, 2.05) is 13.0 Å². The van der Waals surface area contributed by atoms with Crippen LogP contribution in [-0.4, -0.2) is 16.1 Å². The summed E-state index contributed by atoms with van der Waals surface area (Å²) in [7, 11) is 0. The van der Waals surface area contributed by atoms with Crippen molar-refractivity contribution >= 4 is 16.9 Å². The highest BCUT2D eigenvalue weighted by molar-refractivity contribution is 5.90. The average Bonchev–Trinajstić information content (AvgIpc) is 2.62. The summed E-state index contributed by atoms with van der Waals surface area (Å²) in [6.07, 6.45) is 0.959. The maximum Gasteiger partial charge on any atom is 0.310 e. The number of fused-ring (bicyclic) bond motifs is 1. The normalized spacial score (nSPS) is 12.9. The Balaban J connectivity index is 2.68. The lowest BCUT2D eigenvalue weighted by atomic mass is 9.97. The number of nitrogens with one attached hydrogen (secondary N) is 1. The van der Waals surface area contributed by atoms with E-state index in [-0.39, 0.29) is 0 Å². The number of aryl methyl sites for hydroxylation is 2. The van der Waals surface area contributed by atoms with Gasteiger partial charge in [-0.3, -0.25) is 4.79 Å². The number of H-pyrrole nitrogens is 1. The van der Waals surface area contributed by atoms with Gasteiger partial charge in [-0.1, -0.05) is 13.0 Å². The highest BCUT2D eigenvalue weighted by Crippen LogP contribution is 2.30. The van der Waals surface area contributed by atoms with E-state index in [0.29, 0.717) is 0 Å². The first-order valence-electron chi connectivity index (χ1n) is 5.88. The van der Waals surface area contributed by atoms with E-state index in [9.17, 15) is 4.79 Å². The molecule has 0 bridgehead atoms. The van der Waals surface area contributed by atoms with Crippen LogP contribution in [0.25, 0.3) is 10.9 Å². The van der Waals surface area contributed by atoms with Crippen molar-refractivity contribution in [3.63, 3.8) is 0 Å². The zero-order chi connectivity index (χ0) is 12.6. The third kappa shape index (κ3) is 1.93. The molecule has 1 aromatic heterocycles. The summed E-state index contributed by atoms with van der Waals surface area (Å²) >= 11 is 0. The summed E-state index contributed by atoms with van der Waals surface area (Å²) in [6.45, 7) is 5.76. The fourth-order valence-electron chi connectivity index (χ4n) is 2.30. The number of hydrogen-bond donors (Lipinski definition) is 2. The number of carboxylic acids is 1. The molecule has 1 aromatic carbocycles. The first-order chi connectivity index (χ1) is 8.04. The van der Waals surface area contributed by atoms with E-state index < -0.39 is 11.9 Å². The average molecular weight is 231 g/mol. The van der Waals surface area contributed by atoms with E-state index in [1.54, 1.807) is 6.92 Å². The van der Waals surface area contributed by atoms with Gasteiger partial charge in [0, 0.05) is 16.6 Å². The van der Waals surface area contributed by atoms with Crippen molar-refractivity contribution in [3.05, 3.63) is 35.0 Å². The van der Waals surface area contributed by atoms with Crippen LogP contribution < -0.4 is 0 Å². The first kappa shape index (κ1) is 11.7.